The number of ketones is 1. The molecule has 1 aliphatic rings. The van der Waals surface area contributed by atoms with Crippen molar-refractivity contribution in [3.63, 3.8) is 0 Å². The summed E-state index contributed by atoms with van der Waals surface area (Å²) in [6.45, 7) is 2.16. The summed E-state index contributed by atoms with van der Waals surface area (Å²) in [5.41, 5.74) is 2.21. The van der Waals surface area contributed by atoms with Crippen molar-refractivity contribution in [2.45, 2.75) is 19.8 Å². The van der Waals surface area contributed by atoms with Gasteiger partial charge in [-0.15, -0.1) is 0 Å². The van der Waals surface area contributed by atoms with Crippen LogP contribution >= 0.6 is 11.8 Å². The first-order valence-electron chi connectivity index (χ1n) is 5.52. The molecular formula is C13H16OS. The van der Waals surface area contributed by atoms with Crippen LogP contribution in [-0.2, 0) is 6.42 Å². The fraction of sp³-hybridized carbons (Fsp3) is 0.462. The average molecular weight is 220 g/mol. The summed E-state index contributed by atoms with van der Waals surface area (Å²) in [4.78, 5) is 12.0. The van der Waals surface area contributed by atoms with Crippen LogP contribution in [-0.4, -0.2) is 17.3 Å². The van der Waals surface area contributed by atoms with Crippen LogP contribution in [0.2, 0.25) is 0 Å². The molecule has 0 spiro atoms. The van der Waals surface area contributed by atoms with Gasteiger partial charge in [0.25, 0.3) is 0 Å². The molecule has 0 fully saturated rings. The lowest BCUT2D eigenvalue weighted by molar-refractivity contribution is 0.0934. The van der Waals surface area contributed by atoms with E-state index >= 15 is 0 Å². The summed E-state index contributed by atoms with van der Waals surface area (Å²) in [5.74, 6) is 2.87. The maximum absolute atomic E-state index is 12.0. The van der Waals surface area contributed by atoms with Gasteiger partial charge in [0.05, 0.1) is 0 Å². The highest BCUT2D eigenvalue weighted by atomic mass is 32.2. The first-order valence-corrected chi connectivity index (χ1v) is 6.68. The maximum atomic E-state index is 12.0. The molecule has 0 saturated carbocycles. The summed E-state index contributed by atoms with van der Waals surface area (Å²) in [6, 6.07) is 8.03. The molecule has 0 saturated heterocycles. The van der Waals surface area contributed by atoms with E-state index in [9.17, 15) is 4.79 Å². The van der Waals surface area contributed by atoms with Crippen molar-refractivity contribution in [3.05, 3.63) is 35.4 Å². The van der Waals surface area contributed by atoms with E-state index in [2.05, 4.69) is 13.0 Å². The van der Waals surface area contributed by atoms with Gasteiger partial charge in [0, 0.05) is 11.5 Å². The van der Waals surface area contributed by atoms with Crippen LogP contribution in [0.5, 0.6) is 0 Å². The van der Waals surface area contributed by atoms with Gasteiger partial charge < -0.3 is 0 Å². The van der Waals surface area contributed by atoms with Gasteiger partial charge in [-0.25, -0.2) is 0 Å². The second-order valence-electron chi connectivity index (χ2n) is 3.91. The minimum atomic E-state index is 0.251. The minimum Gasteiger partial charge on any atom is -0.294 e. The van der Waals surface area contributed by atoms with E-state index in [0.29, 0.717) is 5.78 Å². The van der Waals surface area contributed by atoms with Gasteiger partial charge >= 0.3 is 0 Å². The van der Waals surface area contributed by atoms with E-state index < -0.39 is 0 Å². The van der Waals surface area contributed by atoms with Crippen LogP contribution in [0.4, 0.5) is 0 Å². The molecule has 2 heteroatoms. The number of fused-ring (bicyclic) bond motifs is 1. The average Bonchev–Trinajstić information content (AvgIpc) is 2.57. The Kier molecular flexibility index (Phi) is 3.47. The van der Waals surface area contributed by atoms with Crippen molar-refractivity contribution in [1.82, 2.24) is 0 Å². The van der Waals surface area contributed by atoms with Gasteiger partial charge in [-0.2, -0.15) is 11.8 Å². The fourth-order valence-electron chi connectivity index (χ4n) is 2.12. The lowest BCUT2D eigenvalue weighted by Gasteiger charge is -2.05. The molecule has 1 aromatic carbocycles. The van der Waals surface area contributed by atoms with Crippen molar-refractivity contribution in [2.75, 3.05) is 11.5 Å². The highest BCUT2D eigenvalue weighted by Crippen LogP contribution is 2.29. The Labute approximate surface area is 95.3 Å². The Hall–Kier alpha value is -0.760. The lowest BCUT2D eigenvalue weighted by atomic mass is 10.0. The van der Waals surface area contributed by atoms with Gasteiger partial charge in [0.15, 0.2) is 5.78 Å². The number of carbonyl (C=O) groups excluding carboxylic acids is 1. The van der Waals surface area contributed by atoms with E-state index in [1.54, 1.807) is 0 Å². The van der Waals surface area contributed by atoms with Crippen molar-refractivity contribution in [1.29, 1.82) is 0 Å². The minimum absolute atomic E-state index is 0.251. The molecule has 0 bridgehead atoms. The van der Waals surface area contributed by atoms with Gasteiger partial charge in [-0.1, -0.05) is 31.2 Å². The monoisotopic (exact) mass is 220 g/mol. The Balaban J connectivity index is 2.01. The van der Waals surface area contributed by atoms with E-state index in [0.717, 1.165) is 29.9 Å². The van der Waals surface area contributed by atoms with E-state index in [-0.39, 0.29) is 5.92 Å². The molecule has 15 heavy (non-hydrogen) atoms. The second-order valence-corrected chi connectivity index (χ2v) is 5.30. The summed E-state index contributed by atoms with van der Waals surface area (Å²) < 4.78 is 0. The summed E-state index contributed by atoms with van der Waals surface area (Å²) in [5, 5.41) is 0. The molecule has 0 aromatic heterocycles. The van der Waals surface area contributed by atoms with Gasteiger partial charge in [0.1, 0.15) is 0 Å². The molecule has 1 atom stereocenters. The quantitative estimate of drug-likeness (QED) is 0.725. The molecule has 0 N–H and O–H groups in total. The third-order valence-corrected chi connectivity index (χ3v) is 3.87. The number of benzene rings is 1. The maximum Gasteiger partial charge on any atom is 0.166 e. The van der Waals surface area contributed by atoms with Crippen LogP contribution in [0.1, 0.15) is 29.3 Å². The number of Topliss-reactive ketones (excluding diaryl/α,β-unsaturated/α-hetero) is 1. The standard InChI is InChI=1S/C13H16OS/c1-2-15-8-7-11-9-10-5-3-4-6-12(10)13(11)14/h3-6,11H,2,7-9H2,1H3. The Morgan fingerprint density at radius 2 is 2.20 bits per heavy atom. The number of hydrogen-bond acceptors (Lipinski definition) is 2. The van der Waals surface area contributed by atoms with Gasteiger partial charge in [-0.05, 0) is 29.9 Å². The lowest BCUT2D eigenvalue weighted by Crippen LogP contribution is -2.09. The molecule has 0 aliphatic heterocycles. The number of thioether (sulfide) groups is 1. The van der Waals surface area contributed by atoms with Crippen molar-refractivity contribution >= 4 is 17.5 Å². The summed E-state index contributed by atoms with van der Waals surface area (Å²) in [7, 11) is 0. The Morgan fingerprint density at radius 3 is 2.93 bits per heavy atom. The Morgan fingerprint density at radius 1 is 1.40 bits per heavy atom. The second kappa shape index (κ2) is 4.84. The smallest absolute Gasteiger partial charge is 0.166 e. The van der Waals surface area contributed by atoms with Crippen LogP contribution in [0.3, 0.4) is 0 Å². The topological polar surface area (TPSA) is 17.1 Å². The number of carbonyl (C=O) groups is 1. The highest BCUT2D eigenvalue weighted by molar-refractivity contribution is 7.99. The SMILES string of the molecule is CCSCCC1Cc2ccccc2C1=O. The van der Waals surface area contributed by atoms with Crippen molar-refractivity contribution in [2.24, 2.45) is 5.92 Å². The largest absolute Gasteiger partial charge is 0.294 e. The predicted octanol–water partition coefficient (Wildman–Crippen LogP) is 3.18. The van der Waals surface area contributed by atoms with Gasteiger partial charge in [-0.3, -0.25) is 4.79 Å². The molecule has 0 heterocycles. The number of rotatable bonds is 4. The molecule has 2 rings (SSSR count). The normalized spacial score (nSPS) is 19.3. The first kappa shape index (κ1) is 10.7. The van der Waals surface area contributed by atoms with Crippen LogP contribution in [0.15, 0.2) is 24.3 Å². The van der Waals surface area contributed by atoms with Gasteiger partial charge in [0.2, 0.25) is 0 Å². The van der Waals surface area contributed by atoms with Crippen molar-refractivity contribution < 1.29 is 4.79 Å². The third-order valence-electron chi connectivity index (χ3n) is 2.93. The van der Waals surface area contributed by atoms with Crippen LogP contribution < -0.4 is 0 Å². The van der Waals surface area contributed by atoms with E-state index in [1.165, 1.54) is 5.56 Å². The number of hydrogen-bond donors (Lipinski definition) is 0. The molecular weight excluding hydrogens is 204 g/mol. The molecule has 0 amide bonds. The van der Waals surface area contributed by atoms with Crippen LogP contribution in [0, 0.1) is 5.92 Å². The summed E-state index contributed by atoms with van der Waals surface area (Å²) >= 11 is 1.92. The molecule has 1 aliphatic carbocycles. The summed E-state index contributed by atoms with van der Waals surface area (Å²) in [6.07, 6.45) is 1.99. The zero-order valence-corrected chi connectivity index (χ0v) is 9.85. The molecule has 1 unspecified atom stereocenters. The zero-order chi connectivity index (χ0) is 10.7. The van der Waals surface area contributed by atoms with E-state index in [1.807, 2.05) is 30.0 Å². The van der Waals surface area contributed by atoms with Crippen LogP contribution in [0.25, 0.3) is 0 Å². The molecule has 1 nitrogen and oxygen atoms in total. The highest BCUT2D eigenvalue weighted by Gasteiger charge is 2.29. The third kappa shape index (κ3) is 2.25. The predicted molar refractivity (Wildman–Crippen MR) is 65.6 cm³/mol. The zero-order valence-electron chi connectivity index (χ0n) is 9.03. The van der Waals surface area contributed by atoms with Crippen molar-refractivity contribution in [3.8, 4) is 0 Å². The molecule has 0 radical (unpaired) electrons. The fourth-order valence-corrected chi connectivity index (χ4v) is 2.86. The van der Waals surface area contributed by atoms with E-state index in [4.69, 9.17) is 0 Å². The first-order chi connectivity index (χ1) is 7.33. The Bertz CT molecular complexity index is 359. The molecule has 1 aromatic rings. The molecule has 80 valence electrons.